The van der Waals surface area contributed by atoms with Crippen LogP contribution in [0.5, 0.6) is 0 Å². The Morgan fingerprint density at radius 2 is 2.12 bits per heavy atom. The van der Waals surface area contributed by atoms with E-state index < -0.39 is 0 Å². The lowest BCUT2D eigenvalue weighted by Crippen LogP contribution is -2.45. The molecule has 3 atom stereocenters. The van der Waals surface area contributed by atoms with Gasteiger partial charge in [-0.15, -0.1) is 0 Å². The number of nitrogens with one attached hydrogen (secondary N) is 1. The van der Waals surface area contributed by atoms with Crippen LogP contribution in [0.4, 0.5) is 0 Å². The third-order valence-electron chi connectivity index (χ3n) is 3.41. The number of hydrogen-bond donors (Lipinski definition) is 1. The molecule has 1 aliphatic rings. The molecule has 0 aromatic rings. The molecule has 1 heterocycles. The number of hydrogen-bond acceptors (Lipinski definition) is 4. The van der Waals surface area contributed by atoms with E-state index in [2.05, 4.69) is 24.1 Å². The molecule has 4 heteroatoms. The van der Waals surface area contributed by atoms with Crippen molar-refractivity contribution in [2.45, 2.75) is 32.4 Å². The van der Waals surface area contributed by atoms with E-state index in [1.807, 2.05) is 0 Å². The van der Waals surface area contributed by atoms with Gasteiger partial charge in [-0.3, -0.25) is 0 Å². The second-order valence-corrected chi connectivity index (χ2v) is 5.28. The first-order valence-electron chi connectivity index (χ1n) is 6.63. The number of rotatable bonds is 5. The Balaban J connectivity index is 2.42. The summed E-state index contributed by atoms with van der Waals surface area (Å²) in [4.78, 5) is 2.51. The minimum Gasteiger partial charge on any atom is -0.382 e. The summed E-state index contributed by atoms with van der Waals surface area (Å²) < 4.78 is 10.6. The Kier molecular flexibility index (Phi) is 7.04. The minimum absolute atomic E-state index is 0.190. The quantitative estimate of drug-likeness (QED) is 0.781. The van der Waals surface area contributed by atoms with Crippen LogP contribution in [0, 0.1) is 5.92 Å². The van der Waals surface area contributed by atoms with Gasteiger partial charge >= 0.3 is 0 Å². The first-order chi connectivity index (χ1) is 8.15. The van der Waals surface area contributed by atoms with Crippen LogP contribution in [-0.4, -0.2) is 64.1 Å². The highest BCUT2D eigenvalue weighted by molar-refractivity contribution is 4.75. The van der Waals surface area contributed by atoms with E-state index in [1.54, 1.807) is 14.2 Å². The zero-order valence-corrected chi connectivity index (χ0v) is 11.7. The van der Waals surface area contributed by atoms with Gasteiger partial charge in [-0.25, -0.2) is 0 Å². The Hall–Kier alpha value is -0.160. The minimum atomic E-state index is 0.190. The number of nitrogens with zero attached hydrogens (tertiary/aromatic N) is 1. The smallest absolute Gasteiger partial charge is 0.0931 e. The van der Waals surface area contributed by atoms with Crippen molar-refractivity contribution < 1.29 is 9.47 Å². The summed E-state index contributed by atoms with van der Waals surface area (Å²) in [7, 11) is 3.50. The maximum absolute atomic E-state index is 5.45. The fraction of sp³-hybridized carbons (Fsp3) is 1.00. The van der Waals surface area contributed by atoms with Gasteiger partial charge in [0.25, 0.3) is 0 Å². The zero-order valence-electron chi connectivity index (χ0n) is 11.7. The van der Waals surface area contributed by atoms with Crippen LogP contribution in [0.25, 0.3) is 0 Å². The fourth-order valence-electron chi connectivity index (χ4n) is 2.31. The summed E-state index contributed by atoms with van der Waals surface area (Å²) in [6, 6.07) is 0.615. The molecule has 0 radical (unpaired) electrons. The maximum Gasteiger partial charge on any atom is 0.0931 e. The van der Waals surface area contributed by atoms with Gasteiger partial charge in [0.05, 0.1) is 12.7 Å². The molecule has 3 unspecified atom stereocenters. The van der Waals surface area contributed by atoms with Crippen molar-refractivity contribution in [1.82, 2.24) is 10.2 Å². The van der Waals surface area contributed by atoms with E-state index in [-0.39, 0.29) is 6.10 Å². The predicted octanol–water partition coefficient (Wildman–Crippen LogP) is 0.968. The van der Waals surface area contributed by atoms with E-state index in [9.17, 15) is 0 Å². The lowest BCUT2D eigenvalue weighted by atomic mass is 10.1. The lowest BCUT2D eigenvalue weighted by Gasteiger charge is -2.33. The Labute approximate surface area is 106 Å². The molecular weight excluding hydrogens is 216 g/mol. The molecule has 0 saturated carbocycles. The molecule has 1 rings (SSSR count). The maximum atomic E-state index is 5.45. The van der Waals surface area contributed by atoms with Crippen LogP contribution < -0.4 is 5.32 Å². The standard InChI is InChI=1S/C13H28N2O2/c1-11-7-14-12(2)5-6-15(8-11)9-13(17-4)10-16-3/h11-14H,5-10H2,1-4H3. The van der Waals surface area contributed by atoms with Crippen LogP contribution in [0.3, 0.4) is 0 Å². The molecule has 4 nitrogen and oxygen atoms in total. The van der Waals surface area contributed by atoms with Crippen LogP contribution in [-0.2, 0) is 9.47 Å². The van der Waals surface area contributed by atoms with Gasteiger partial charge in [-0.05, 0) is 32.4 Å². The van der Waals surface area contributed by atoms with Gasteiger partial charge in [0, 0.05) is 33.4 Å². The average Bonchev–Trinajstić information content (AvgIpc) is 2.30. The van der Waals surface area contributed by atoms with Crippen LogP contribution >= 0.6 is 0 Å². The van der Waals surface area contributed by atoms with Crippen LogP contribution in [0.1, 0.15) is 20.3 Å². The highest BCUT2D eigenvalue weighted by Gasteiger charge is 2.19. The molecule has 1 fully saturated rings. The molecule has 0 amide bonds. The largest absolute Gasteiger partial charge is 0.382 e. The summed E-state index contributed by atoms with van der Waals surface area (Å²) in [6.07, 6.45) is 1.39. The van der Waals surface area contributed by atoms with Crippen molar-refractivity contribution in [3.63, 3.8) is 0 Å². The first kappa shape index (κ1) is 14.9. The summed E-state index contributed by atoms with van der Waals surface area (Å²) in [5.74, 6) is 0.692. The molecule has 17 heavy (non-hydrogen) atoms. The van der Waals surface area contributed by atoms with Gasteiger partial charge in [0.15, 0.2) is 0 Å². The van der Waals surface area contributed by atoms with Gasteiger partial charge in [0.1, 0.15) is 0 Å². The molecule has 1 aliphatic heterocycles. The van der Waals surface area contributed by atoms with E-state index in [0.29, 0.717) is 18.6 Å². The third kappa shape index (κ3) is 5.82. The fourth-order valence-corrected chi connectivity index (χ4v) is 2.31. The van der Waals surface area contributed by atoms with Crippen molar-refractivity contribution in [2.24, 2.45) is 5.92 Å². The number of ether oxygens (including phenoxy) is 2. The number of methoxy groups -OCH3 is 2. The Morgan fingerprint density at radius 3 is 2.76 bits per heavy atom. The summed E-state index contributed by atoms with van der Waals surface area (Å²) >= 11 is 0. The molecule has 0 bridgehead atoms. The molecule has 0 aromatic heterocycles. The van der Waals surface area contributed by atoms with Crippen LogP contribution in [0.2, 0.25) is 0 Å². The topological polar surface area (TPSA) is 33.7 Å². The summed E-state index contributed by atoms with van der Waals surface area (Å²) in [5, 5.41) is 3.56. The van der Waals surface area contributed by atoms with Crippen molar-refractivity contribution in [3.05, 3.63) is 0 Å². The molecule has 0 spiro atoms. The lowest BCUT2D eigenvalue weighted by molar-refractivity contribution is 0.00196. The van der Waals surface area contributed by atoms with Crippen molar-refractivity contribution >= 4 is 0 Å². The van der Waals surface area contributed by atoms with E-state index in [0.717, 1.165) is 26.2 Å². The molecule has 0 aromatic carbocycles. The summed E-state index contributed by atoms with van der Waals surface area (Å²) in [5.41, 5.74) is 0. The molecule has 102 valence electrons. The first-order valence-corrected chi connectivity index (χ1v) is 6.63. The second kappa shape index (κ2) is 8.03. The van der Waals surface area contributed by atoms with Gasteiger partial charge in [-0.2, -0.15) is 0 Å². The monoisotopic (exact) mass is 244 g/mol. The highest BCUT2D eigenvalue weighted by Crippen LogP contribution is 2.08. The van der Waals surface area contributed by atoms with Gasteiger partial charge < -0.3 is 19.7 Å². The highest BCUT2D eigenvalue weighted by atomic mass is 16.5. The zero-order chi connectivity index (χ0) is 12.7. The van der Waals surface area contributed by atoms with Crippen molar-refractivity contribution in [3.8, 4) is 0 Å². The molecular formula is C13H28N2O2. The predicted molar refractivity (Wildman–Crippen MR) is 70.4 cm³/mol. The van der Waals surface area contributed by atoms with E-state index in [1.165, 1.54) is 6.42 Å². The Bertz CT molecular complexity index is 202. The van der Waals surface area contributed by atoms with E-state index in [4.69, 9.17) is 9.47 Å². The van der Waals surface area contributed by atoms with Crippen LogP contribution in [0.15, 0.2) is 0 Å². The molecule has 1 N–H and O–H groups in total. The normalized spacial score (nSPS) is 29.6. The SMILES string of the molecule is COCC(CN1CCC(C)NCC(C)C1)OC. The summed E-state index contributed by atoms with van der Waals surface area (Å²) in [6.45, 7) is 9.61. The second-order valence-electron chi connectivity index (χ2n) is 5.28. The van der Waals surface area contributed by atoms with Crippen molar-refractivity contribution in [2.75, 3.05) is 47.0 Å². The third-order valence-corrected chi connectivity index (χ3v) is 3.41. The molecule has 1 saturated heterocycles. The van der Waals surface area contributed by atoms with Gasteiger partial charge in [-0.1, -0.05) is 6.92 Å². The Morgan fingerprint density at radius 1 is 1.35 bits per heavy atom. The van der Waals surface area contributed by atoms with Gasteiger partial charge in [0.2, 0.25) is 0 Å². The molecule has 0 aliphatic carbocycles. The average molecular weight is 244 g/mol. The van der Waals surface area contributed by atoms with E-state index >= 15 is 0 Å². The van der Waals surface area contributed by atoms with Crippen molar-refractivity contribution in [1.29, 1.82) is 0 Å².